The number of fused-ring (bicyclic) bond motifs is 1. The molecule has 4 nitrogen and oxygen atoms in total. The van der Waals surface area contributed by atoms with Gasteiger partial charge in [0.25, 0.3) is 5.91 Å². The van der Waals surface area contributed by atoms with Gasteiger partial charge in [0.1, 0.15) is 5.69 Å². The van der Waals surface area contributed by atoms with E-state index in [9.17, 15) is 9.00 Å². The van der Waals surface area contributed by atoms with Crippen LogP contribution in [0.15, 0.2) is 48.5 Å². The molecular formula is C17H15ClN2O2S. The van der Waals surface area contributed by atoms with Crippen LogP contribution < -0.4 is 5.32 Å². The van der Waals surface area contributed by atoms with Gasteiger partial charge in [-0.3, -0.25) is 9.00 Å². The number of aromatic nitrogens is 1. The lowest BCUT2D eigenvalue weighted by Crippen LogP contribution is -2.12. The number of benzene rings is 2. The fraction of sp³-hybridized carbons (Fsp3) is 0.118. The highest BCUT2D eigenvalue weighted by molar-refractivity contribution is 7.83. The molecule has 2 aromatic carbocycles. The predicted octanol–water partition coefficient (Wildman–Crippen LogP) is 3.95. The first-order chi connectivity index (χ1) is 11.0. The van der Waals surface area contributed by atoms with Gasteiger partial charge in [0.2, 0.25) is 0 Å². The van der Waals surface area contributed by atoms with Crippen LogP contribution >= 0.6 is 11.6 Å². The number of hydrogen-bond acceptors (Lipinski definition) is 2. The van der Waals surface area contributed by atoms with Crippen molar-refractivity contribution in [2.24, 2.45) is 0 Å². The van der Waals surface area contributed by atoms with Gasteiger partial charge in [0.05, 0.1) is 0 Å². The summed E-state index contributed by atoms with van der Waals surface area (Å²) in [7, 11) is -0.998. The molecule has 1 heterocycles. The summed E-state index contributed by atoms with van der Waals surface area (Å²) in [5.74, 6) is 0.127. The van der Waals surface area contributed by atoms with E-state index in [1.807, 2.05) is 30.3 Å². The van der Waals surface area contributed by atoms with Crippen molar-refractivity contribution in [2.45, 2.75) is 5.75 Å². The first-order valence-corrected chi connectivity index (χ1v) is 9.11. The van der Waals surface area contributed by atoms with Crippen LogP contribution in [0.25, 0.3) is 10.9 Å². The molecule has 0 unspecified atom stereocenters. The summed E-state index contributed by atoms with van der Waals surface area (Å²) in [6, 6.07) is 14.7. The smallest absolute Gasteiger partial charge is 0.272 e. The zero-order valence-corrected chi connectivity index (χ0v) is 14.0. The molecule has 0 saturated heterocycles. The Bertz CT molecular complexity index is 871. The van der Waals surface area contributed by atoms with Gasteiger partial charge in [-0.2, -0.15) is 0 Å². The van der Waals surface area contributed by atoms with Crippen LogP contribution in [0.5, 0.6) is 0 Å². The van der Waals surface area contributed by atoms with Crippen molar-refractivity contribution < 1.29 is 9.00 Å². The van der Waals surface area contributed by atoms with E-state index >= 15 is 0 Å². The topological polar surface area (TPSA) is 62.0 Å². The summed E-state index contributed by atoms with van der Waals surface area (Å²) in [6.45, 7) is 0. The van der Waals surface area contributed by atoms with Crippen LogP contribution in [0, 0.1) is 0 Å². The van der Waals surface area contributed by atoms with Crippen molar-refractivity contribution in [2.75, 3.05) is 11.6 Å². The Balaban J connectivity index is 1.83. The molecule has 1 aromatic heterocycles. The molecule has 0 aliphatic carbocycles. The van der Waals surface area contributed by atoms with Crippen molar-refractivity contribution >= 4 is 44.9 Å². The predicted molar refractivity (Wildman–Crippen MR) is 95.5 cm³/mol. The Morgan fingerprint density at radius 2 is 2.00 bits per heavy atom. The normalized spacial score (nSPS) is 12.3. The molecule has 3 aromatic rings. The number of nitrogens with one attached hydrogen (secondary N) is 2. The van der Waals surface area contributed by atoms with Crippen molar-refractivity contribution in [1.82, 2.24) is 4.98 Å². The van der Waals surface area contributed by atoms with E-state index in [4.69, 9.17) is 11.6 Å². The molecule has 0 aliphatic heterocycles. The number of hydrogen-bond donors (Lipinski definition) is 2. The van der Waals surface area contributed by atoms with Crippen molar-refractivity contribution in [3.05, 3.63) is 64.8 Å². The van der Waals surface area contributed by atoms with Gasteiger partial charge in [0.15, 0.2) is 0 Å². The number of carbonyl (C=O) groups is 1. The third-order valence-electron chi connectivity index (χ3n) is 3.44. The second-order valence-corrected chi connectivity index (χ2v) is 7.09. The van der Waals surface area contributed by atoms with Gasteiger partial charge in [-0.25, -0.2) is 0 Å². The van der Waals surface area contributed by atoms with E-state index in [2.05, 4.69) is 10.3 Å². The summed E-state index contributed by atoms with van der Waals surface area (Å²) in [6.07, 6.45) is 1.62. The average molecular weight is 347 g/mol. The summed E-state index contributed by atoms with van der Waals surface area (Å²) >= 11 is 6.09. The molecular weight excluding hydrogens is 332 g/mol. The zero-order chi connectivity index (χ0) is 16.4. The van der Waals surface area contributed by atoms with E-state index in [1.54, 1.807) is 24.5 Å². The Kier molecular flexibility index (Phi) is 4.50. The van der Waals surface area contributed by atoms with E-state index in [0.29, 0.717) is 22.2 Å². The maximum atomic E-state index is 12.4. The number of aromatic amines is 1. The summed E-state index contributed by atoms with van der Waals surface area (Å²) in [4.78, 5) is 15.5. The number of halogens is 1. The molecule has 1 amide bonds. The number of para-hydroxylation sites is 1. The highest BCUT2D eigenvalue weighted by Gasteiger charge is 2.11. The Morgan fingerprint density at radius 1 is 1.22 bits per heavy atom. The lowest BCUT2D eigenvalue weighted by Gasteiger charge is -2.08. The average Bonchev–Trinajstić information content (AvgIpc) is 2.94. The van der Waals surface area contributed by atoms with Gasteiger partial charge < -0.3 is 10.3 Å². The molecule has 118 valence electrons. The van der Waals surface area contributed by atoms with Crippen LogP contribution in [-0.2, 0) is 16.6 Å². The molecule has 0 fully saturated rings. The van der Waals surface area contributed by atoms with E-state index in [-0.39, 0.29) is 5.91 Å². The van der Waals surface area contributed by atoms with Gasteiger partial charge >= 0.3 is 0 Å². The van der Waals surface area contributed by atoms with Gasteiger partial charge in [-0.1, -0.05) is 29.8 Å². The molecule has 2 N–H and O–H groups in total. The van der Waals surface area contributed by atoms with Gasteiger partial charge in [-0.15, -0.1) is 0 Å². The third-order valence-corrected chi connectivity index (χ3v) is 4.52. The van der Waals surface area contributed by atoms with Crippen LogP contribution in [-0.4, -0.2) is 21.4 Å². The minimum Gasteiger partial charge on any atom is -0.351 e. The standard InChI is InChI=1S/C17H15ClN2O2S/c1-23(22)10-12-8-13(6-7-14(12)18)19-17(21)16-9-11-4-2-3-5-15(11)20-16/h2-9,20H,10H2,1H3,(H,19,21)/t23-/m1/s1. The summed E-state index contributed by atoms with van der Waals surface area (Å²) in [5, 5.41) is 4.36. The summed E-state index contributed by atoms with van der Waals surface area (Å²) in [5.41, 5.74) is 2.78. The molecule has 6 heteroatoms. The first-order valence-electron chi connectivity index (χ1n) is 7.00. The van der Waals surface area contributed by atoms with Crippen molar-refractivity contribution in [3.8, 4) is 0 Å². The molecule has 0 spiro atoms. The number of carbonyl (C=O) groups excluding carboxylic acids is 1. The number of rotatable bonds is 4. The van der Waals surface area contributed by atoms with Crippen LogP contribution in [0.3, 0.4) is 0 Å². The van der Waals surface area contributed by atoms with Crippen molar-refractivity contribution in [3.63, 3.8) is 0 Å². The third kappa shape index (κ3) is 3.63. The monoisotopic (exact) mass is 346 g/mol. The highest BCUT2D eigenvalue weighted by atomic mass is 35.5. The number of amides is 1. The van der Waals surface area contributed by atoms with Crippen LogP contribution in [0.2, 0.25) is 5.02 Å². The molecule has 0 bridgehead atoms. The minimum absolute atomic E-state index is 0.230. The molecule has 3 rings (SSSR count). The fourth-order valence-corrected chi connectivity index (χ4v) is 3.32. The van der Waals surface area contributed by atoms with E-state index in [0.717, 1.165) is 16.5 Å². The second-order valence-electron chi connectivity index (χ2n) is 5.25. The van der Waals surface area contributed by atoms with E-state index < -0.39 is 10.8 Å². The largest absolute Gasteiger partial charge is 0.351 e. The maximum Gasteiger partial charge on any atom is 0.272 e. The van der Waals surface area contributed by atoms with Crippen LogP contribution in [0.4, 0.5) is 5.69 Å². The SMILES string of the molecule is C[S@@](=O)Cc1cc(NC(=O)c2cc3ccccc3[nH]2)ccc1Cl. The molecule has 0 radical (unpaired) electrons. The van der Waals surface area contributed by atoms with Crippen molar-refractivity contribution in [1.29, 1.82) is 0 Å². The quantitative estimate of drug-likeness (QED) is 0.751. The Hall–Kier alpha value is -2.11. The molecule has 0 aliphatic rings. The van der Waals surface area contributed by atoms with E-state index in [1.165, 1.54) is 0 Å². The minimum atomic E-state index is -0.998. The van der Waals surface area contributed by atoms with Gasteiger partial charge in [-0.05, 0) is 35.9 Å². The maximum absolute atomic E-state index is 12.4. The number of anilines is 1. The lowest BCUT2D eigenvalue weighted by atomic mass is 10.2. The zero-order valence-electron chi connectivity index (χ0n) is 12.4. The number of H-pyrrole nitrogens is 1. The molecule has 23 heavy (non-hydrogen) atoms. The Morgan fingerprint density at radius 3 is 2.74 bits per heavy atom. The lowest BCUT2D eigenvalue weighted by molar-refractivity contribution is 0.102. The molecule has 1 atom stereocenters. The Labute approximate surface area is 141 Å². The highest BCUT2D eigenvalue weighted by Crippen LogP contribution is 2.23. The van der Waals surface area contributed by atoms with Crippen LogP contribution in [0.1, 0.15) is 16.1 Å². The first kappa shape index (κ1) is 15.8. The molecule has 0 saturated carbocycles. The summed E-state index contributed by atoms with van der Waals surface area (Å²) < 4.78 is 11.4. The second kappa shape index (κ2) is 6.56. The van der Waals surface area contributed by atoms with Gasteiger partial charge in [0, 0.05) is 44.4 Å². The fourth-order valence-electron chi connectivity index (χ4n) is 2.38.